The lowest BCUT2D eigenvalue weighted by atomic mass is 10.0. The SMILES string of the molecule is CCc1nccn1C1CCCC1(C)O. The number of hydrogen-bond acceptors (Lipinski definition) is 2. The van der Waals surface area contributed by atoms with Crippen molar-refractivity contribution >= 4 is 0 Å². The van der Waals surface area contributed by atoms with E-state index in [-0.39, 0.29) is 6.04 Å². The lowest BCUT2D eigenvalue weighted by Gasteiger charge is -2.27. The van der Waals surface area contributed by atoms with E-state index < -0.39 is 5.60 Å². The molecule has 0 aromatic carbocycles. The molecule has 1 N–H and O–H groups in total. The fraction of sp³-hybridized carbons (Fsp3) is 0.727. The lowest BCUT2D eigenvalue weighted by Crippen LogP contribution is -2.31. The summed E-state index contributed by atoms with van der Waals surface area (Å²) in [4.78, 5) is 4.30. The number of hydrogen-bond donors (Lipinski definition) is 1. The van der Waals surface area contributed by atoms with Gasteiger partial charge >= 0.3 is 0 Å². The van der Waals surface area contributed by atoms with Crippen LogP contribution < -0.4 is 0 Å². The normalized spacial score (nSPS) is 32.4. The third kappa shape index (κ3) is 1.46. The topological polar surface area (TPSA) is 38.0 Å². The molecule has 1 aliphatic rings. The minimum atomic E-state index is -0.551. The number of aromatic nitrogens is 2. The van der Waals surface area contributed by atoms with Gasteiger partial charge < -0.3 is 9.67 Å². The second kappa shape index (κ2) is 3.39. The summed E-state index contributed by atoms with van der Waals surface area (Å²) < 4.78 is 2.15. The predicted octanol–water partition coefficient (Wildman–Crippen LogP) is 1.92. The predicted molar refractivity (Wildman–Crippen MR) is 55.1 cm³/mol. The molecule has 78 valence electrons. The molecule has 1 aliphatic carbocycles. The van der Waals surface area contributed by atoms with Crippen LogP contribution >= 0.6 is 0 Å². The molecule has 1 heterocycles. The molecule has 3 nitrogen and oxygen atoms in total. The van der Waals surface area contributed by atoms with Crippen molar-refractivity contribution in [1.29, 1.82) is 0 Å². The molecule has 0 bridgehead atoms. The van der Waals surface area contributed by atoms with Crippen LogP contribution in [0.3, 0.4) is 0 Å². The van der Waals surface area contributed by atoms with Crippen LogP contribution in [0.15, 0.2) is 12.4 Å². The van der Waals surface area contributed by atoms with Crippen molar-refractivity contribution in [3.8, 4) is 0 Å². The molecular weight excluding hydrogens is 176 g/mol. The molecule has 2 atom stereocenters. The number of imidazole rings is 1. The molecule has 0 spiro atoms. The number of aliphatic hydroxyl groups is 1. The quantitative estimate of drug-likeness (QED) is 0.781. The van der Waals surface area contributed by atoms with Gasteiger partial charge in [-0.2, -0.15) is 0 Å². The largest absolute Gasteiger partial charge is 0.388 e. The van der Waals surface area contributed by atoms with Gasteiger partial charge in [-0.3, -0.25) is 0 Å². The van der Waals surface area contributed by atoms with Gasteiger partial charge in [-0.05, 0) is 26.2 Å². The molecule has 1 aromatic heterocycles. The smallest absolute Gasteiger partial charge is 0.108 e. The zero-order valence-electron chi connectivity index (χ0n) is 8.90. The molecule has 0 saturated heterocycles. The first kappa shape index (κ1) is 9.71. The van der Waals surface area contributed by atoms with Gasteiger partial charge in [0.2, 0.25) is 0 Å². The Hall–Kier alpha value is -0.830. The number of nitrogens with zero attached hydrogens (tertiary/aromatic N) is 2. The highest BCUT2D eigenvalue weighted by molar-refractivity contribution is 5.02. The van der Waals surface area contributed by atoms with E-state index in [2.05, 4.69) is 16.5 Å². The molecule has 2 unspecified atom stereocenters. The summed E-state index contributed by atoms with van der Waals surface area (Å²) in [6, 6.07) is 0.222. The molecular formula is C11H18N2O. The average Bonchev–Trinajstić information content (AvgIpc) is 2.69. The van der Waals surface area contributed by atoms with E-state index >= 15 is 0 Å². The Morgan fingerprint density at radius 1 is 1.71 bits per heavy atom. The standard InChI is InChI=1S/C11H18N2O/c1-3-10-12-7-8-13(10)9-5-4-6-11(9,2)14/h7-9,14H,3-6H2,1-2H3. The minimum Gasteiger partial charge on any atom is -0.388 e. The van der Waals surface area contributed by atoms with E-state index in [0.29, 0.717) is 0 Å². The van der Waals surface area contributed by atoms with Crippen LogP contribution in [0, 0.1) is 0 Å². The van der Waals surface area contributed by atoms with Crippen LogP contribution in [0.25, 0.3) is 0 Å². The maximum absolute atomic E-state index is 10.2. The summed E-state index contributed by atoms with van der Waals surface area (Å²) in [6.07, 6.45) is 7.82. The maximum atomic E-state index is 10.2. The summed E-state index contributed by atoms with van der Waals surface area (Å²) >= 11 is 0. The number of aryl methyl sites for hydroxylation is 1. The Morgan fingerprint density at radius 3 is 3.07 bits per heavy atom. The third-order valence-corrected chi connectivity index (χ3v) is 3.28. The first-order valence-corrected chi connectivity index (χ1v) is 5.39. The summed E-state index contributed by atoms with van der Waals surface area (Å²) in [5.74, 6) is 1.08. The van der Waals surface area contributed by atoms with Gasteiger partial charge in [-0.1, -0.05) is 6.92 Å². The molecule has 14 heavy (non-hydrogen) atoms. The summed E-state index contributed by atoms with van der Waals surface area (Å²) in [6.45, 7) is 4.03. The van der Waals surface area contributed by atoms with Gasteiger partial charge in [-0.15, -0.1) is 0 Å². The second-order valence-corrected chi connectivity index (χ2v) is 4.37. The minimum absolute atomic E-state index is 0.222. The zero-order valence-corrected chi connectivity index (χ0v) is 8.90. The van der Waals surface area contributed by atoms with Crippen LogP contribution in [-0.2, 0) is 6.42 Å². The molecule has 1 fully saturated rings. The molecule has 1 aromatic rings. The second-order valence-electron chi connectivity index (χ2n) is 4.37. The van der Waals surface area contributed by atoms with Gasteiger partial charge in [-0.25, -0.2) is 4.98 Å². The highest BCUT2D eigenvalue weighted by atomic mass is 16.3. The van der Waals surface area contributed by atoms with Gasteiger partial charge in [0.15, 0.2) is 0 Å². The Kier molecular flexibility index (Phi) is 2.35. The van der Waals surface area contributed by atoms with Crippen LogP contribution in [0.4, 0.5) is 0 Å². The van der Waals surface area contributed by atoms with Gasteiger partial charge in [0.25, 0.3) is 0 Å². The van der Waals surface area contributed by atoms with E-state index in [9.17, 15) is 5.11 Å². The average molecular weight is 194 g/mol. The number of rotatable bonds is 2. The van der Waals surface area contributed by atoms with E-state index in [1.807, 2.05) is 19.3 Å². The van der Waals surface area contributed by atoms with Crippen molar-refractivity contribution in [2.24, 2.45) is 0 Å². The Morgan fingerprint density at radius 2 is 2.50 bits per heavy atom. The van der Waals surface area contributed by atoms with Crippen LogP contribution in [0.5, 0.6) is 0 Å². The van der Waals surface area contributed by atoms with E-state index in [1.165, 1.54) is 0 Å². The van der Waals surface area contributed by atoms with E-state index in [0.717, 1.165) is 31.5 Å². The van der Waals surface area contributed by atoms with E-state index in [1.54, 1.807) is 0 Å². The van der Waals surface area contributed by atoms with Crippen molar-refractivity contribution in [2.75, 3.05) is 0 Å². The fourth-order valence-corrected chi connectivity index (χ4v) is 2.47. The monoisotopic (exact) mass is 194 g/mol. The lowest BCUT2D eigenvalue weighted by molar-refractivity contribution is 0.0255. The van der Waals surface area contributed by atoms with Gasteiger partial charge in [0.05, 0.1) is 11.6 Å². The van der Waals surface area contributed by atoms with Crippen LogP contribution in [0.1, 0.15) is 45.0 Å². The zero-order chi connectivity index (χ0) is 10.2. The highest BCUT2D eigenvalue weighted by Crippen LogP contribution is 2.39. The van der Waals surface area contributed by atoms with Crippen molar-refractivity contribution in [1.82, 2.24) is 9.55 Å². The molecule has 3 heteroatoms. The van der Waals surface area contributed by atoms with Gasteiger partial charge in [0.1, 0.15) is 5.82 Å². The maximum Gasteiger partial charge on any atom is 0.108 e. The molecule has 0 amide bonds. The van der Waals surface area contributed by atoms with Crippen molar-refractivity contribution in [2.45, 2.75) is 51.2 Å². The van der Waals surface area contributed by atoms with Crippen LogP contribution in [-0.4, -0.2) is 20.3 Å². The Labute approximate surface area is 84.8 Å². The molecule has 1 saturated carbocycles. The molecule has 2 rings (SSSR count). The van der Waals surface area contributed by atoms with E-state index in [4.69, 9.17) is 0 Å². The first-order chi connectivity index (χ1) is 6.65. The Balaban J connectivity index is 2.30. The highest BCUT2D eigenvalue weighted by Gasteiger charge is 2.38. The third-order valence-electron chi connectivity index (χ3n) is 3.28. The molecule has 0 radical (unpaired) electrons. The molecule has 0 aliphatic heterocycles. The summed E-state index contributed by atoms with van der Waals surface area (Å²) in [7, 11) is 0. The van der Waals surface area contributed by atoms with Crippen molar-refractivity contribution in [3.05, 3.63) is 18.2 Å². The Bertz CT molecular complexity index is 317. The van der Waals surface area contributed by atoms with Gasteiger partial charge in [0, 0.05) is 18.8 Å². The first-order valence-electron chi connectivity index (χ1n) is 5.39. The summed E-state index contributed by atoms with van der Waals surface area (Å²) in [5.41, 5.74) is -0.551. The van der Waals surface area contributed by atoms with Crippen molar-refractivity contribution in [3.63, 3.8) is 0 Å². The summed E-state index contributed by atoms with van der Waals surface area (Å²) in [5, 5.41) is 10.2. The fourth-order valence-electron chi connectivity index (χ4n) is 2.47. The van der Waals surface area contributed by atoms with Crippen LogP contribution in [0.2, 0.25) is 0 Å². The van der Waals surface area contributed by atoms with Crippen molar-refractivity contribution < 1.29 is 5.11 Å².